The van der Waals surface area contributed by atoms with Gasteiger partial charge < -0.3 is 13.3 Å². The summed E-state index contributed by atoms with van der Waals surface area (Å²) in [5.41, 5.74) is 0. The van der Waals surface area contributed by atoms with Crippen molar-refractivity contribution in [3.05, 3.63) is 12.2 Å². The molecule has 0 aliphatic heterocycles. The SMILES string of the molecule is CCCCC[C@@H](/C=C/[C@H]1[C@H](O[Si](C)(C)C)CC(=O)[C@@H]1CCCCCC(=O)O[Si](C)(C)C)O[Si](C)(C)C. The maximum absolute atomic E-state index is 13.1. The fraction of sp³-hybridized carbons (Fsp3) is 0.857. The van der Waals surface area contributed by atoms with E-state index in [-0.39, 0.29) is 30.0 Å². The summed E-state index contributed by atoms with van der Waals surface area (Å²) in [7, 11) is -5.27. The molecule has 0 N–H and O–H groups in total. The number of unbranched alkanes of at least 4 members (excludes halogenated alkanes) is 4. The molecule has 1 fully saturated rings. The predicted octanol–water partition coefficient (Wildman–Crippen LogP) is 8.10. The van der Waals surface area contributed by atoms with E-state index in [1.54, 1.807) is 0 Å². The van der Waals surface area contributed by atoms with Gasteiger partial charge in [0.25, 0.3) is 5.97 Å². The molecule has 0 unspecified atom stereocenters. The third kappa shape index (κ3) is 15.0. The van der Waals surface area contributed by atoms with Gasteiger partial charge in [-0.2, -0.15) is 0 Å². The molecule has 0 heterocycles. The average Bonchev–Trinajstić information content (AvgIpc) is 2.96. The Morgan fingerprint density at radius 1 is 0.917 bits per heavy atom. The van der Waals surface area contributed by atoms with Crippen LogP contribution < -0.4 is 0 Å². The minimum absolute atomic E-state index is 0.000271. The van der Waals surface area contributed by atoms with Crippen LogP contribution in [0.5, 0.6) is 0 Å². The maximum Gasteiger partial charge on any atom is 0.292 e. The molecule has 4 atom stereocenters. The summed E-state index contributed by atoms with van der Waals surface area (Å²) in [5, 5.41) is 0. The minimum Gasteiger partial charge on any atom is -0.520 e. The fourth-order valence-corrected chi connectivity index (χ4v) is 7.88. The van der Waals surface area contributed by atoms with Gasteiger partial charge in [-0.25, -0.2) is 0 Å². The maximum atomic E-state index is 13.1. The molecule has 210 valence electrons. The summed E-state index contributed by atoms with van der Waals surface area (Å²) in [6, 6.07) is 0. The highest BCUT2D eigenvalue weighted by Gasteiger charge is 2.42. The highest BCUT2D eigenvalue weighted by Crippen LogP contribution is 2.38. The van der Waals surface area contributed by atoms with Crippen LogP contribution in [0, 0.1) is 11.8 Å². The van der Waals surface area contributed by atoms with Gasteiger partial charge in [0.05, 0.1) is 12.2 Å². The summed E-state index contributed by atoms with van der Waals surface area (Å²) in [6.07, 6.45) is 13.8. The molecule has 0 aromatic carbocycles. The van der Waals surface area contributed by atoms with Crippen molar-refractivity contribution in [2.45, 2.75) is 142 Å². The fourth-order valence-electron chi connectivity index (χ4n) is 4.84. The molecule has 0 aromatic heterocycles. The number of carbonyl (C=O) groups excluding carboxylic acids is 2. The number of hydrogen-bond donors (Lipinski definition) is 0. The van der Waals surface area contributed by atoms with Gasteiger partial charge in [-0.15, -0.1) is 0 Å². The van der Waals surface area contributed by atoms with Gasteiger partial charge in [0.15, 0.2) is 16.6 Å². The van der Waals surface area contributed by atoms with Crippen LogP contribution >= 0.6 is 0 Å². The Morgan fingerprint density at radius 2 is 1.58 bits per heavy atom. The quantitative estimate of drug-likeness (QED) is 0.103. The summed E-state index contributed by atoms with van der Waals surface area (Å²) in [5.74, 6) is 0.367. The smallest absolute Gasteiger partial charge is 0.292 e. The zero-order valence-electron chi connectivity index (χ0n) is 25.1. The van der Waals surface area contributed by atoms with Crippen LogP contribution in [0.25, 0.3) is 0 Å². The van der Waals surface area contributed by atoms with Crippen molar-refractivity contribution < 1.29 is 22.9 Å². The number of rotatable bonds is 17. The van der Waals surface area contributed by atoms with Crippen LogP contribution in [0.4, 0.5) is 0 Å². The predicted molar refractivity (Wildman–Crippen MR) is 159 cm³/mol. The molecule has 0 aromatic rings. The zero-order valence-corrected chi connectivity index (χ0v) is 28.1. The second kappa shape index (κ2) is 15.1. The Bertz CT molecular complexity index is 703. The Labute approximate surface area is 225 Å². The van der Waals surface area contributed by atoms with Gasteiger partial charge in [-0.1, -0.05) is 51.2 Å². The van der Waals surface area contributed by atoms with E-state index in [1.165, 1.54) is 12.8 Å². The summed E-state index contributed by atoms with van der Waals surface area (Å²) >= 11 is 0. The molecule has 36 heavy (non-hydrogen) atoms. The highest BCUT2D eigenvalue weighted by molar-refractivity contribution is 6.71. The van der Waals surface area contributed by atoms with Gasteiger partial charge in [0.2, 0.25) is 8.32 Å². The number of hydrogen-bond acceptors (Lipinski definition) is 5. The van der Waals surface area contributed by atoms with Crippen molar-refractivity contribution in [2.75, 3.05) is 0 Å². The highest BCUT2D eigenvalue weighted by atomic mass is 28.4. The van der Waals surface area contributed by atoms with Crippen LogP contribution in [0.2, 0.25) is 58.9 Å². The third-order valence-electron chi connectivity index (χ3n) is 6.18. The van der Waals surface area contributed by atoms with Gasteiger partial charge in [0, 0.05) is 24.7 Å². The topological polar surface area (TPSA) is 61.8 Å². The first-order chi connectivity index (χ1) is 16.5. The molecule has 1 aliphatic rings. The van der Waals surface area contributed by atoms with E-state index in [4.69, 9.17) is 13.3 Å². The molecular formula is C28H56O5Si3. The molecule has 0 saturated heterocycles. The Hall–Kier alpha value is -0.549. The molecule has 0 bridgehead atoms. The molecule has 0 amide bonds. The molecule has 1 saturated carbocycles. The molecular weight excluding hydrogens is 501 g/mol. The molecule has 1 aliphatic carbocycles. The molecule has 0 radical (unpaired) electrons. The van der Waals surface area contributed by atoms with Crippen LogP contribution in [-0.2, 0) is 22.9 Å². The first-order valence-corrected chi connectivity index (χ1v) is 24.5. The van der Waals surface area contributed by atoms with E-state index in [0.717, 1.165) is 38.5 Å². The second-order valence-corrected chi connectivity index (χ2v) is 26.8. The number of ketones is 1. The van der Waals surface area contributed by atoms with Crippen LogP contribution in [0.1, 0.15) is 71.1 Å². The van der Waals surface area contributed by atoms with Crippen LogP contribution in [-0.4, -0.2) is 48.9 Å². The van der Waals surface area contributed by atoms with Crippen molar-refractivity contribution >= 4 is 36.7 Å². The van der Waals surface area contributed by atoms with E-state index in [2.05, 4.69) is 58.4 Å². The first kappa shape index (κ1) is 33.5. The van der Waals surface area contributed by atoms with Gasteiger partial charge in [-0.3, -0.25) is 9.59 Å². The Morgan fingerprint density at radius 3 is 2.14 bits per heavy atom. The van der Waals surface area contributed by atoms with Crippen molar-refractivity contribution in [3.8, 4) is 0 Å². The summed E-state index contributed by atoms with van der Waals surface area (Å²) < 4.78 is 18.6. The lowest BCUT2D eigenvalue weighted by Crippen LogP contribution is -2.35. The normalized spacial score (nSPS) is 22.4. The summed E-state index contributed by atoms with van der Waals surface area (Å²) in [6.45, 7) is 21.7. The third-order valence-corrected chi connectivity index (χ3v) is 9.04. The zero-order chi connectivity index (χ0) is 27.6. The Kier molecular flexibility index (Phi) is 14.1. The molecule has 1 rings (SSSR count). The second-order valence-electron chi connectivity index (χ2n) is 13.5. The van der Waals surface area contributed by atoms with Crippen molar-refractivity contribution in [3.63, 3.8) is 0 Å². The number of carbonyl (C=O) groups is 2. The van der Waals surface area contributed by atoms with Crippen molar-refractivity contribution in [1.29, 1.82) is 0 Å². The lowest BCUT2D eigenvalue weighted by molar-refractivity contribution is -0.135. The lowest BCUT2D eigenvalue weighted by Gasteiger charge is -2.29. The monoisotopic (exact) mass is 556 g/mol. The Balaban J connectivity index is 2.85. The van der Waals surface area contributed by atoms with Gasteiger partial charge >= 0.3 is 0 Å². The first-order valence-electron chi connectivity index (χ1n) is 14.3. The molecule has 8 heteroatoms. The molecule has 5 nitrogen and oxygen atoms in total. The van der Waals surface area contributed by atoms with Crippen LogP contribution in [0.15, 0.2) is 12.2 Å². The standard InChI is InChI=1S/C28H56O5Si3/c1-11-12-14-17-23(31-34(2,3)4)20-21-25-24(26(29)22-27(25)32-35(5,6)7)18-15-13-16-19-28(30)33-36(8,9)10/h20-21,23-25,27H,11-19,22H2,1-10H3/b21-20+/t23-,24+,25+,27+/m0/s1. The van der Waals surface area contributed by atoms with E-state index in [9.17, 15) is 9.59 Å². The molecule has 0 spiro atoms. The number of Topliss-reactive ketones (excluding diaryl/α,β-unsaturated/α-hetero) is 1. The van der Waals surface area contributed by atoms with E-state index < -0.39 is 25.0 Å². The van der Waals surface area contributed by atoms with Crippen LogP contribution in [0.3, 0.4) is 0 Å². The largest absolute Gasteiger partial charge is 0.520 e. The average molecular weight is 557 g/mol. The lowest BCUT2D eigenvalue weighted by atomic mass is 9.88. The summed E-state index contributed by atoms with van der Waals surface area (Å²) in [4.78, 5) is 25.1. The van der Waals surface area contributed by atoms with E-state index in [0.29, 0.717) is 18.6 Å². The van der Waals surface area contributed by atoms with E-state index >= 15 is 0 Å². The van der Waals surface area contributed by atoms with Gasteiger partial charge in [0.1, 0.15) is 5.78 Å². The van der Waals surface area contributed by atoms with E-state index in [1.807, 2.05) is 19.6 Å². The van der Waals surface area contributed by atoms with Crippen molar-refractivity contribution in [1.82, 2.24) is 0 Å². The van der Waals surface area contributed by atoms with Gasteiger partial charge in [-0.05, 0) is 78.2 Å². The minimum atomic E-state index is -1.82. The van der Waals surface area contributed by atoms with Crippen molar-refractivity contribution in [2.24, 2.45) is 11.8 Å².